The van der Waals surface area contributed by atoms with Crippen molar-refractivity contribution in [3.63, 3.8) is 0 Å². The smallest absolute Gasteiger partial charge is 0.205 e. The standard InChI is InChI=1S/C18H25N3OS/c1-18(2,3)16-19-17(23-20-16)21-11-7-10-14(21)12-15(22)13-8-5-4-6-9-13/h4-6,8-9,14-15,22H,7,10-12H2,1-3H3. The number of hydrogen-bond donors (Lipinski definition) is 1. The molecule has 0 amide bonds. The lowest BCUT2D eigenvalue weighted by atomic mass is 9.96. The highest BCUT2D eigenvalue weighted by atomic mass is 32.1. The van der Waals surface area contributed by atoms with Crippen LogP contribution < -0.4 is 4.90 Å². The fraction of sp³-hybridized carbons (Fsp3) is 0.556. The summed E-state index contributed by atoms with van der Waals surface area (Å²) in [7, 11) is 0. The zero-order valence-electron chi connectivity index (χ0n) is 14.1. The summed E-state index contributed by atoms with van der Waals surface area (Å²) in [5.74, 6) is 0.909. The molecule has 2 aromatic rings. The molecule has 0 bridgehead atoms. The van der Waals surface area contributed by atoms with Gasteiger partial charge in [0, 0.05) is 29.5 Å². The maximum absolute atomic E-state index is 10.5. The Labute approximate surface area is 142 Å². The van der Waals surface area contributed by atoms with Crippen molar-refractivity contribution in [2.75, 3.05) is 11.4 Å². The molecule has 1 aromatic carbocycles. The molecule has 2 unspecified atom stereocenters. The quantitative estimate of drug-likeness (QED) is 0.922. The normalized spacial score (nSPS) is 20.0. The third-order valence-corrected chi connectivity index (χ3v) is 5.14. The van der Waals surface area contributed by atoms with Gasteiger partial charge < -0.3 is 10.0 Å². The topological polar surface area (TPSA) is 49.2 Å². The average Bonchev–Trinajstić information content (AvgIpc) is 3.16. The number of benzene rings is 1. The molecule has 2 heterocycles. The van der Waals surface area contributed by atoms with Gasteiger partial charge in [0.1, 0.15) is 5.82 Å². The fourth-order valence-corrected chi connectivity index (χ4v) is 3.99. The molecule has 1 fully saturated rings. The summed E-state index contributed by atoms with van der Waals surface area (Å²) in [5.41, 5.74) is 0.972. The number of nitrogens with zero attached hydrogens (tertiary/aromatic N) is 3. The lowest BCUT2D eigenvalue weighted by Crippen LogP contribution is -2.30. The molecule has 0 saturated carbocycles. The minimum absolute atomic E-state index is 0.0203. The van der Waals surface area contributed by atoms with Crippen molar-refractivity contribution in [2.24, 2.45) is 0 Å². The van der Waals surface area contributed by atoms with Gasteiger partial charge in [-0.05, 0) is 24.8 Å². The van der Waals surface area contributed by atoms with E-state index in [0.717, 1.165) is 42.3 Å². The van der Waals surface area contributed by atoms with Crippen LogP contribution in [-0.4, -0.2) is 27.1 Å². The first-order valence-corrected chi connectivity index (χ1v) is 9.06. The van der Waals surface area contributed by atoms with E-state index in [9.17, 15) is 5.11 Å². The van der Waals surface area contributed by atoms with Gasteiger partial charge >= 0.3 is 0 Å². The predicted octanol–water partition coefficient (Wildman–Crippen LogP) is 3.93. The molecule has 0 radical (unpaired) electrons. The van der Waals surface area contributed by atoms with E-state index >= 15 is 0 Å². The van der Waals surface area contributed by atoms with Crippen molar-refractivity contribution < 1.29 is 5.11 Å². The first-order chi connectivity index (χ1) is 10.9. The van der Waals surface area contributed by atoms with Crippen LogP contribution in [0.2, 0.25) is 0 Å². The summed E-state index contributed by atoms with van der Waals surface area (Å²) >= 11 is 1.48. The Morgan fingerprint density at radius 1 is 1.30 bits per heavy atom. The molecule has 0 spiro atoms. The molecule has 1 aliphatic rings. The highest BCUT2D eigenvalue weighted by Gasteiger charge is 2.30. The molecule has 23 heavy (non-hydrogen) atoms. The third kappa shape index (κ3) is 3.72. The van der Waals surface area contributed by atoms with Crippen molar-refractivity contribution >= 4 is 16.7 Å². The number of hydrogen-bond acceptors (Lipinski definition) is 5. The Bertz CT molecular complexity index is 635. The highest BCUT2D eigenvalue weighted by Crippen LogP contribution is 2.33. The second-order valence-corrected chi connectivity index (χ2v) is 8.03. The van der Waals surface area contributed by atoms with Crippen LogP contribution in [0.4, 0.5) is 5.13 Å². The summed E-state index contributed by atoms with van der Waals surface area (Å²) in [4.78, 5) is 7.08. The predicted molar refractivity (Wildman–Crippen MR) is 95.0 cm³/mol. The van der Waals surface area contributed by atoms with Crippen molar-refractivity contribution in [3.8, 4) is 0 Å². The van der Waals surface area contributed by atoms with Crippen LogP contribution in [0, 0.1) is 0 Å². The lowest BCUT2D eigenvalue weighted by molar-refractivity contribution is 0.158. The van der Waals surface area contributed by atoms with Gasteiger partial charge in [-0.25, -0.2) is 4.98 Å². The van der Waals surface area contributed by atoms with E-state index in [-0.39, 0.29) is 5.41 Å². The van der Waals surface area contributed by atoms with Gasteiger partial charge in [-0.1, -0.05) is 51.1 Å². The molecular weight excluding hydrogens is 306 g/mol. The van der Waals surface area contributed by atoms with Crippen LogP contribution in [0.5, 0.6) is 0 Å². The summed E-state index contributed by atoms with van der Waals surface area (Å²) in [6.45, 7) is 7.42. The van der Waals surface area contributed by atoms with E-state index in [4.69, 9.17) is 4.98 Å². The zero-order valence-corrected chi connectivity index (χ0v) is 14.9. The SMILES string of the molecule is CC(C)(C)c1nsc(N2CCCC2CC(O)c2ccccc2)n1. The van der Waals surface area contributed by atoms with E-state index in [2.05, 4.69) is 30.0 Å². The molecule has 1 aliphatic heterocycles. The highest BCUT2D eigenvalue weighted by molar-refractivity contribution is 7.09. The van der Waals surface area contributed by atoms with E-state index in [1.54, 1.807) is 0 Å². The van der Waals surface area contributed by atoms with Crippen molar-refractivity contribution in [3.05, 3.63) is 41.7 Å². The maximum atomic E-state index is 10.5. The van der Waals surface area contributed by atoms with Crippen LogP contribution >= 0.6 is 11.5 Å². The first-order valence-electron chi connectivity index (χ1n) is 8.29. The van der Waals surface area contributed by atoms with Crippen molar-refractivity contribution in [2.45, 2.75) is 57.6 Å². The molecule has 1 N–H and O–H groups in total. The van der Waals surface area contributed by atoms with Gasteiger partial charge in [-0.3, -0.25) is 0 Å². The molecule has 2 atom stereocenters. The molecule has 1 saturated heterocycles. The lowest BCUT2D eigenvalue weighted by Gasteiger charge is -2.26. The molecule has 0 aliphatic carbocycles. The Balaban J connectivity index is 1.72. The van der Waals surface area contributed by atoms with Gasteiger partial charge in [0.25, 0.3) is 0 Å². The molecule has 3 rings (SSSR count). The Morgan fingerprint density at radius 2 is 2.04 bits per heavy atom. The number of aliphatic hydroxyl groups is 1. The number of aromatic nitrogens is 2. The number of aliphatic hydroxyl groups excluding tert-OH is 1. The van der Waals surface area contributed by atoms with Gasteiger partial charge in [-0.15, -0.1) is 0 Å². The van der Waals surface area contributed by atoms with E-state index in [1.807, 2.05) is 30.3 Å². The van der Waals surface area contributed by atoms with E-state index in [1.165, 1.54) is 11.5 Å². The van der Waals surface area contributed by atoms with Crippen molar-refractivity contribution in [1.29, 1.82) is 0 Å². The van der Waals surface area contributed by atoms with Gasteiger partial charge in [0.2, 0.25) is 5.13 Å². The van der Waals surface area contributed by atoms with Crippen LogP contribution in [0.15, 0.2) is 30.3 Å². The van der Waals surface area contributed by atoms with Crippen molar-refractivity contribution in [1.82, 2.24) is 9.36 Å². The van der Waals surface area contributed by atoms with Gasteiger partial charge in [-0.2, -0.15) is 4.37 Å². The maximum Gasteiger partial charge on any atom is 0.205 e. The average molecular weight is 331 g/mol. The summed E-state index contributed by atoms with van der Waals surface area (Å²) < 4.78 is 4.53. The van der Waals surface area contributed by atoms with E-state index < -0.39 is 6.10 Å². The van der Waals surface area contributed by atoms with Crippen LogP contribution in [0.25, 0.3) is 0 Å². The molecule has 4 nitrogen and oxygen atoms in total. The Kier molecular flexibility index (Phi) is 4.69. The largest absolute Gasteiger partial charge is 0.388 e. The zero-order chi connectivity index (χ0) is 16.4. The number of rotatable bonds is 4. The molecule has 124 valence electrons. The second kappa shape index (κ2) is 6.57. The molecular formula is C18H25N3OS. The van der Waals surface area contributed by atoms with Crippen LogP contribution in [0.3, 0.4) is 0 Å². The second-order valence-electron chi connectivity index (χ2n) is 7.30. The molecule has 5 heteroatoms. The summed E-state index contributed by atoms with van der Waals surface area (Å²) in [6, 6.07) is 10.3. The van der Waals surface area contributed by atoms with Crippen LogP contribution in [0.1, 0.15) is 57.5 Å². The minimum Gasteiger partial charge on any atom is -0.388 e. The Hall–Kier alpha value is -1.46. The molecule has 1 aromatic heterocycles. The third-order valence-electron chi connectivity index (χ3n) is 4.39. The first kappa shape index (κ1) is 16.4. The summed E-state index contributed by atoms with van der Waals surface area (Å²) in [6.07, 6.45) is 2.58. The van der Waals surface area contributed by atoms with E-state index in [0.29, 0.717) is 6.04 Å². The minimum atomic E-state index is -0.420. The number of anilines is 1. The Morgan fingerprint density at radius 3 is 2.70 bits per heavy atom. The fourth-order valence-electron chi connectivity index (χ4n) is 3.04. The monoisotopic (exact) mass is 331 g/mol. The summed E-state index contributed by atoms with van der Waals surface area (Å²) in [5, 5.41) is 11.5. The van der Waals surface area contributed by atoms with Crippen LogP contribution in [-0.2, 0) is 5.41 Å². The van der Waals surface area contributed by atoms with Gasteiger partial charge in [0.05, 0.1) is 6.10 Å². The van der Waals surface area contributed by atoms with Gasteiger partial charge in [0.15, 0.2) is 0 Å².